The smallest absolute Gasteiger partial charge is 0.270 e. The van der Waals surface area contributed by atoms with Gasteiger partial charge in [0.25, 0.3) is 11.8 Å². The number of rotatable bonds is 4. The van der Waals surface area contributed by atoms with Crippen LogP contribution in [0.2, 0.25) is 0 Å². The summed E-state index contributed by atoms with van der Waals surface area (Å²) >= 11 is 4.68. The number of aromatic nitrogens is 3. The number of thiazole rings is 1. The Hall–Kier alpha value is -2.84. The Kier molecular flexibility index (Phi) is 4.83. The number of hydrogen-bond acceptors (Lipinski definition) is 6. The van der Waals surface area contributed by atoms with Crippen LogP contribution in [0, 0.1) is 6.92 Å². The lowest BCUT2D eigenvalue weighted by molar-refractivity contribution is 0.102. The Morgan fingerprint density at radius 2 is 1.81 bits per heavy atom. The minimum atomic E-state index is -0.238. The maximum Gasteiger partial charge on any atom is 0.270 e. The molecule has 0 aliphatic carbocycles. The maximum atomic E-state index is 12.5. The van der Waals surface area contributed by atoms with Crippen LogP contribution >= 0.6 is 27.3 Å². The molecular formula is C19H13BrN4O2S. The van der Waals surface area contributed by atoms with Crippen molar-refractivity contribution in [3.8, 4) is 22.2 Å². The summed E-state index contributed by atoms with van der Waals surface area (Å²) in [5.41, 5.74) is 2.12. The second-order valence-electron chi connectivity index (χ2n) is 5.66. The number of amides is 1. The summed E-state index contributed by atoms with van der Waals surface area (Å²) in [6.45, 7) is 1.84. The van der Waals surface area contributed by atoms with Gasteiger partial charge in [-0.3, -0.25) is 10.1 Å². The normalized spacial score (nSPS) is 10.7. The van der Waals surface area contributed by atoms with Gasteiger partial charge < -0.3 is 4.52 Å². The van der Waals surface area contributed by atoms with Crippen molar-refractivity contribution in [2.75, 3.05) is 5.32 Å². The van der Waals surface area contributed by atoms with Gasteiger partial charge in [0.05, 0.1) is 11.3 Å². The molecule has 2 heterocycles. The minimum Gasteiger partial charge on any atom is -0.333 e. The van der Waals surface area contributed by atoms with E-state index >= 15 is 0 Å². The van der Waals surface area contributed by atoms with Crippen LogP contribution in [0.3, 0.4) is 0 Å². The Balaban J connectivity index is 1.58. The third-order valence-corrected chi connectivity index (χ3v) is 5.54. The number of anilines is 1. The SMILES string of the molecule is Cc1nc(NC(=O)c2ccccc2Br)sc1-c1nc(-c2ccccc2)no1. The fraction of sp³-hybridized carbons (Fsp3) is 0.0526. The summed E-state index contributed by atoms with van der Waals surface area (Å²) in [4.78, 5) is 22.0. The van der Waals surface area contributed by atoms with Gasteiger partial charge in [0, 0.05) is 10.0 Å². The molecule has 0 spiro atoms. The van der Waals surface area contributed by atoms with Crippen LogP contribution in [0.5, 0.6) is 0 Å². The van der Waals surface area contributed by atoms with Gasteiger partial charge in [-0.2, -0.15) is 4.98 Å². The fourth-order valence-corrected chi connectivity index (χ4v) is 3.83. The first-order valence-electron chi connectivity index (χ1n) is 8.04. The molecule has 0 saturated carbocycles. The monoisotopic (exact) mass is 440 g/mol. The van der Waals surface area contributed by atoms with Crippen molar-refractivity contribution in [2.45, 2.75) is 6.92 Å². The lowest BCUT2D eigenvalue weighted by atomic mass is 10.2. The molecule has 0 fully saturated rings. The van der Waals surface area contributed by atoms with E-state index in [1.807, 2.05) is 55.5 Å². The van der Waals surface area contributed by atoms with Crippen molar-refractivity contribution in [3.05, 3.63) is 70.3 Å². The van der Waals surface area contributed by atoms with Gasteiger partial charge in [0.1, 0.15) is 4.88 Å². The van der Waals surface area contributed by atoms with Gasteiger partial charge in [-0.25, -0.2) is 4.98 Å². The lowest BCUT2D eigenvalue weighted by Crippen LogP contribution is -2.12. The molecule has 4 aromatic rings. The molecule has 0 bridgehead atoms. The van der Waals surface area contributed by atoms with Crippen molar-refractivity contribution in [2.24, 2.45) is 0 Å². The van der Waals surface area contributed by atoms with E-state index in [1.165, 1.54) is 11.3 Å². The second kappa shape index (κ2) is 7.42. The molecular weight excluding hydrogens is 428 g/mol. The van der Waals surface area contributed by atoms with Crippen molar-refractivity contribution in [3.63, 3.8) is 0 Å². The van der Waals surface area contributed by atoms with Gasteiger partial charge in [-0.05, 0) is 35.0 Å². The standard InChI is InChI=1S/C19H13BrN4O2S/c1-11-15(18-22-16(24-26-18)12-7-3-2-4-8-12)27-19(21-11)23-17(25)13-9-5-6-10-14(13)20/h2-10H,1H3,(H,21,23,25). The molecule has 0 radical (unpaired) electrons. The lowest BCUT2D eigenvalue weighted by Gasteiger charge is -2.03. The first-order chi connectivity index (χ1) is 13.1. The van der Waals surface area contributed by atoms with Crippen LogP contribution in [0.15, 0.2) is 63.6 Å². The van der Waals surface area contributed by atoms with Gasteiger partial charge in [0.2, 0.25) is 5.82 Å². The third-order valence-electron chi connectivity index (χ3n) is 3.79. The first-order valence-corrected chi connectivity index (χ1v) is 9.65. The summed E-state index contributed by atoms with van der Waals surface area (Å²) < 4.78 is 6.12. The molecule has 0 aliphatic rings. The molecule has 0 saturated heterocycles. The molecule has 6 nitrogen and oxygen atoms in total. The highest BCUT2D eigenvalue weighted by Crippen LogP contribution is 2.33. The zero-order valence-electron chi connectivity index (χ0n) is 14.1. The number of nitrogens with one attached hydrogen (secondary N) is 1. The van der Waals surface area contributed by atoms with Gasteiger partial charge in [0.15, 0.2) is 5.13 Å². The zero-order chi connectivity index (χ0) is 18.8. The Morgan fingerprint density at radius 3 is 2.59 bits per heavy atom. The molecule has 2 aromatic carbocycles. The van der Waals surface area contributed by atoms with Crippen molar-refractivity contribution >= 4 is 38.3 Å². The summed E-state index contributed by atoms with van der Waals surface area (Å²) in [6.07, 6.45) is 0. The van der Waals surface area contributed by atoms with E-state index in [0.717, 1.165) is 14.9 Å². The van der Waals surface area contributed by atoms with Crippen LogP contribution in [0.4, 0.5) is 5.13 Å². The van der Waals surface area contributed by atoms with Gasteiger partial charge >= 0.3 is 0 Å². The Morgan fingerprint density at radius 1 is 1.07 bits per heavy atom. The number of benzene rings is 2. The third kappa shape index (κ3) is 3.67. The molecule has 27 heavy (non-hydrogen) atoms. The van der Waals surface area contributed by atoms with E-state index < -0.39 is 0 Å². The number of carbonyl (C=O) groups is 1. The molecule has 8 heteroatoms. The predicted octanol–water partition coefficient (Wildman–Crippen LogP) is 5.18. The van der Waals surface area contributed by atoms with E-state index in [0.29, 0.717) is 28.1 Å². The molecule has 1 N–H and O–H groups in total. The van der Waals surface area contributed by atoms with Crippen LogP contribution in [0.25, 0.3) is 22.2 Å². The van der Waals surface area contributed by atoms with E-state index in [9.17, 15) is 4.79 Å². The average Bonchev–Trinajstić information content (AvgIpc) is 3.29. The highest BCUT2D eigenvalue weighted by atomic mass is 79.9. The Bertz CT molecular complexity index is 1110. The summed E-state index contributed by atoms with van der Waals surface area (Å²) in [5.74, 6) is 0.653. The molecule has 134 valence electrons. The summed E-state index contributed by atoms with van der Waals surface area (Å²) in [6, 6.07) is 16.8. The predicted molar refractivity (Wildman–Crippen MR) is 108 cm³/mol. The van der Waals surface area contributed by atoms with Gasteiger partial charge in [-0.1, -0.05) is 59.0 Å². The number of aryl methyl sites for hydroxylation is 1. The highest BCUT2D eigenvalue weighted by Gasteiger charge is 2.19. The number of nitrogens with zero attached hydrogens (tertiary/aromatic N) is 3. The van der Waals surface area contributed by atoms with E-state index in [4.69, 9.17) is 4.52 Å². The topological polar surface area (TPSA) is 80.9 Å². The average molecular weight is 441 g/mol. The largest absolute Gasteiger partial charge is 0.333 e. The molecule has 1 amide bonds. The second-order valence-corrected chi connectivity index (χ2v) is 7.51. The number of halogens is 1. The maximum absolute atomic E-state index is 12.5. The molecule has 0 atom stereocenters. The zero-order valence-corrected chi connectivity index (χ0v) is 16.5. The first kappa shape index (κ1) is 17.6. The van der Waals surface area contributed by atoms with Crippen LogP contribution in [0.1, 0.15) is 16.1 Å². The summed E-state index contributed by atoms with van der Waals surface area (Å²) in [7, 11) is 0. The van der Waals surface area contributed by atoms with Gasteiger partial charge in [-0.15, -0.1) is 0 Å². The Labute approximate surface area is 167 Å². The van der Waals surface area contributed by atoms with E-state index in [2.05, 4.69) is 36.4 Å². The van der Waals surface area contributed by atoms with Crippen molar-refractivity contribution in [1.29, 1.82) is 0 Å². The van der Waals surface area contributed by atoms with E-state index in [1.54, 1.807) is 6.07 Å². The number of carbonyl (C=O) groups excluding carboxylic acids is 1. The van der Waals surface area contributed by atoms with Crippen LogP contribution in [-0.2, 0) is 0 Å². The van der Waals surface area contributed by atoms with Crippen LogP contribution < -0.4 is 5.32 Å². The number of hydrogen-bond donors (Lipinski definition) is 1. The molecule has 0 unspecified atom stereocenters. The molecule has 4 rings (SSSR count). The highest BCUT2D eigenvalue weighted by molar-refractivity contribution is 9.10. The fourth-order valence-electron chi connectivity index (χ4n) is 2.48. The molecule has 0 aliphatic heterocycles. The van der Waals surface area contributed by atoms with Crippen molar-refractivity contribution < 1.29 is 9.32 Å². The van der Waals surface area contributed by atoms with E-state index in [-0.39, 0.29) is 5.91 Å². The minimum absolute atomic E-state index is 0.238. The summed E-state index contributed by atoms with van der Waals surface area (Å²) in [5, 5.41) is 7.32. The molecule has 2 aromatic heterocycles. The quantitative estimate of drug-likeness (QED) is 0.472. The van der Waals surface area contributed by atoms with Crippen LogP contribution in [-0.4, -0.2) is 21.0 Å². The van der Waals surface area contributed by atoms with Crippen molar-refractivity contribution in [1.82, 2.24) is 15.1 Å².